The first-order valence-corrected chi connectivity index (χ1v) is 6.96. The molecule has 6 heteroatoms. The molecule has 18 heavy (non-hydrogen) atoms. The van der Waals surface area contributed by atoms with Crippen molar-refractivity contribution >= 4 is 10.0 Å². The predicted octanol–water partition coefficient (Wildman–Crippen LogP) is 1.35. The maximum absolute atomic E-state index is 12.4. The second-order valence-electron chi connectivity index (χ2n) is 4.88. The van der Waals surface area contributed by atoms with E-state index in [0.717, 1.165) is 0 Å². The maximum Gasteiger partial charge on any atom is 0.247 e. The van der Waals surface area contributed by atoms with Crippen molar-refractivity contribution in [2.75, 3.05) is 6.54 Å². The third-order valence-electron chi connectivity index (χ3n) is 2.39. The summed E-state index contributed by atoms with van der Waals surface area (Å²) in [6.45, 7) is 9.20. The van der Waals surface area contributed by atoms with Crippen LogP contribution < -0.4 is 5.56 Å². The highest BCUT2D eigenvalue weighted by Gasteiger charge is 2.32. The number of H-pyrrole nitrogens is 1. The molecule has 0 radical (unpaired) electrons. The highest BCUT2D eigenvalue weighted by molar-refractivity contribution is 7.89. The standard InChI is InChI=1S/C12H18N2O3S/c1-5-8-14(12(2,3)4)18(16,17)10-6-7-11(15)13-9-10/h5-7,9H,1,8H2,2-4H3,(H,13,15). The Balaban J connectivity index is 3.29. The average Bonchev–Trinajstić information content (AvgIpc) is 2.24. The van der Waals surface area contributed by atoms with E-state index in [2.05, 4.69) is 11.6 Å². The quantitative estimate of drug-likeness (QED) is 0.840. The van der Waals surface area contributed by atoms with E-state index in [4.69, 9.17) is 0 Å². The molecule has 100 valence electrons. The summed E-state index contributed by atoms with van der Waals surface area (Å²) in [5.41, 5.74) is -0.900. The van der Waals surface area contributed by atoms with Gasteiger partial charge in [-0.05, 0) is 26.8 Å². The van der Waals surface area contributed by atoms with Crippen LogP contribution in [-0.2, 0) is 10.0 Å². The summed E-state index contributed by atoms with van der Waals surface area (Å²) in [6.07, 6.45) is 2.74. The van der Waals surface area contributed by atoms with E-state index in [1.807, 2.05) is 0 Å². The number of hydrogen-bond acceptors (Lipinski definition) is 3. The van der Waals surface area contributed by atoms with Crippen LogP contribution in [0, 0.1) is 0 Å². The molecular weight excluding hydrogens is 252 g/mol. The van der Waals surface area contributed by atoms with E-state index in [-0.39, 0.29) is 17.0 Å². The Kier molecular flexibility index (Phi) is 4.13. The number of nitrogens with one attached hydrogen (secondary N) is 1. The van der Waals surface area contributed by atoms with Crippen LogP contribution in [0.2, 0.25) is 0 Å². The van der Waals surface area contributed by atoms with E-state index in [1.165, 1.54) is 28.7 Å². The summed E-state index contributed by atoms with van der Waals surface area (Å²) in [4.78, 5) is 13.4. The van der Waals surface area contributed by atoms with Gasteiger partial charge in [0.1, 0.15) is 0 Å². The molecule has 1 rings (SSSR count). The van der Waals surface area contributed by atoms with Gasteiger partial charge in [0.2, 0.25) is 15.6 Å². The minimum absolute atomic E-state index is 0.0684. The van der Waals surface area contributed by atoms with Gasteiger partial charge in [-0.2, -0.15) is 4.31 Å². The molecule has 1 aromatic rings. The third-order valence-corrected chi connectivity index (χ3v) is 4.51. The van der Waals surface area contributed by atoms with Gasteiger partial charge in [0.25, 0.3) is 0 Å². The number of sulfonamides is 1. The summed E-state index contributed by atoms with van der Waals surface area (Å²) in [5, 5.41) is 0. The van der Waals surface area contributed by atoms with Crippen LogP contribution in [-0.4, -0.2) is 29.8 Å². The fourth-order valence-electron chi connectivity index (χ4n) is 1.53. The van der Waals surface area contributed by atoms with Gasteiger partial charge >= 0.3 is 0 Å². The monoisotopic (exact) mass is 270 g/mol. The summed E-state index contributed by atoms with van der Waals surface area (Å²) < 4.78 is 26.2. The molecule has 1 aromatic heterocycles. The summed E-state index contributed by atoms with van der Waals surface area (Å²) in [5.74, 6) is 0. The first-order valence-electron chi connectivity index (χ1n) is 5.52. The van der Waals surface area contributed by atoms with Gasteiger partial charge in [-0.15, -0.1) is 6.58 Å². The molecule has 0 amide bonds. The van der Waals surface area contributed by atoms with Crippen molar-refractivity contribution in [1.29, 1.82) is 0 Å². The molecule has 0 aliphatic heterocycles. The Bertz CT molecular complexity index is 562. The van der Waals surface area contributed by atoms with Crippen molar-refractivity contribution in [3.63, 3.8) is 0 Å². The normalized spacial score (nSPS) is 12.7. The van der Waals surface area contributed by atoms with Crippen LogP contribution in [0.15, 0.2) is 40.7 Å². The van der Waals surface area contributed by atoms with Crippen molar-refractivity contribution in [3.8, 4) is 0 Å². The molecule has 0 fully saturated rings. The van der Waals surface area contributed by atoms with Crippen LogP contribution in [0.3, 0.4) is 0 Å². The Morgan fingerprint density at radius 2 is 2.00 bits per heavy atom. The maximum atomic E-state index is 12.4. The molecule has 1 N–H and O–H groups in total. The number of rotatable bonds is 4. The molecule has 0 atom stereocenters. The van der Waals surface area contributed by atoms with Crippen molar-refractivity contribution in [2.45, 2.75) is 31.2 Å². The minimum Gasteiger partial charge on any atom is -0.328 e. The zero-order valence-corrected chi connectivity index (χ0v) is 11.6. The molecule has 0 unspecified atom stereocenters. The van der Waals surface area contributed by atoms with Gasteiger partial charge in [0, 0.05) is 24.3 Å². The van der Waals surface area contributed by atoms with E-state index in [1.54, 1.807) is 20.8 Å². The fourth-order valence-corrected chi connectivity index (χ4v) is 3.26. The summed E-state index contributed by atoms with van der Waals surface area (Å²) in [7, 11) is -3.65. The zero-order chi connectivity index (χ0) is 14.0. The van der Waals surface area contributed by atoms with Gasteiger partial charge in [-0.25, -0.2) is 8.42 Å². The van der Waals surface area contributed by atoms with Crippen LogP contribution >= 0.6 is 0 Å². The first kappa shape index (κ1) is 14.7. The number of aromatic amines is 1. The van der Waals surface area contributed by atoms with Gasteiger partial charge < -0.3 is 4.98 Å². The van der Waals surface area contributed by atoms with Crippen molar-refractivity contribution in [3.05, 3.63) is 41.3 Å². The fraction of sp³-hybridized carbons (Fsp3) is 0.417. The van der Waals surface area contributed by atoms with Crippen molar-refractivity contribution in [1.82, 2.24) is 9.29 Å². The number of aromatic nitrogens is 1. The van der Waals surface area contributed by atoms with Crippen molar-refractivity contribution < 1.29 is 8.42 Å². The second kappa shape index (κ2) is 5.07. The third kappa shape index (κ3) is 3.08. The van der Waals surface area contributed by atoms with E-state index in [9.17, 15) is 13.2 Å². The van der Waals surface area contributed by atoms with E-state index < -0.39 is 15.6 Å². The number of hydrogen-bond donors (Lipinski definition) is 1. The van der Waals surface area contributed by atoms with Gasteiger partial charge in [-0.3, -0.25) is 4.79 Å². The highest BCUT2D eigenvalue weighted by atomic mass is 32.2. The molecular formula is C12H18N2O3S. The molecule has 0 aliphatic rings. The largest absolute Gasteiger partial charge is 0.328 e. The first-order chi connectivity index (χ1) is 8.19. The topological polar surface area (TPSA) is 70.2 Å². The van der Waals surface area contributed by atoms with Crippen LogP contribution in [0.25, 0.3) is 0 Å². The molecule has 0 bridgehead atoms. The lowest BCUT2D eigenvalue weighted by Crippen LogP contribution is -2.45. The number of nitrogens with zero attached hydrogens (tertiary/aromatic N) is 1. The van der Waals surface area contributed by atoms with Gasteiger partial charge in [0.15, 0.2) is 0 Å². The Hall–Kier alpha value is -1.40. The molecule has 5 nitrogen and oxygen atoms in total. The second-order valence-corrected chi connectivity index (χ2v) is 6.75. The lowest BCUT2D eigenvalue weighted by Gasteiger charge is -2.33. The van der Waals surface area contributed by atoms with Gasteiger partial charge in [0.05, 0.1) is 4.90 Å². The lowest BCUT2D eigenvalue weighted by atomic mass is 10.1. The average molecular weight is 270 g/mol. The van der Waals surface area contributed by atoms with Crippen LogP contribution in [0.4, 0.5) is 0 Å². The Morgan fingerprint density at radius 1 is 1.39 bits per heavy atom. The molecule has 0 aromatic carbocycles. The molecule has 0 spiro atoms. The van der Waals surface area contributed by atoms with E-state index in [0.29, 0.717) is 0 Å². The minimum atomic E-state index is -3.65. The Morgan fingerprint density at radius 3 is 2.39 bits per heavy atom. The molecule has 0 saturated heterocycles. The number of pyridine rings is 1. The van der Waals surface area contributed by atoms with Gasteiger partial charge in [-0.1, -0.05) is 6.08 Å². The zero-order valence-electron chi connectivity index (χ0n) is 10.8. The smallest absolute Gasteiger partial charge is 0.247 e. The highest BCUT2D eigenvalue weighted by Crippen LogP contribution is 2.23. The molecule has 0 aliphatic carbocycles. The van der Waals surface area contributed by atoms with Crippen LogP contribution in [0.5, 0.6) is 0 Å². The van der Waals surface area contributed by atoms with Crippen molar-refractivity contribution in [2.24, 2.45) is 0 Å². The SMILES string of the molecule is C=CCN(C(C)(C)C)S(=O)(=O)c1ccc(=O)[nH]c1. The summed E-state index contributed by atoms with van der Waals surface area (Å²) in [6, 6.07) is 2.50. The van der Waals surface area contributed by atoms with Crippen LogP contribution in [0.1, 0.15) is 20.8 Å². The predicted molar refractivity (Wildman–Crippen MR) is 70.9 cm³/mol. The van der Waals surface area contributed by atoms with E-state index >= 15 is 0 Å². The summed E-state index contributed by atoms with van der Waals surface area (Å²) >= 11 is 0. The lowest BCUT2D eigenvalue weighted by molar-refractivity contribution is 0.270. The Labute approximate surface area is 107 Å². The molecule has 1 heterocycles. The molecule has 0 saturated carbocycles.